The summed E-state index contributed by atoms with van der Waals surface area (Å²) in [7, 11) is -3.42. The van der Waals surface area contributed by atoms with Crippen molar-refractivity contribution in [1.82, 2.24) is 0 Å². The van der Waals surface area contributed by atoms with E-state index in [1.807, 2.05) is 18.2 Å². The maximum absolute atomic E-state index is 11.0. The molecule has 88 valence electrons. The van der Waals surface area contributed by atoms with E-state index in [0.29, 0.717) is 11.7 Å². The Bertz CT molecular complexity index is 459. The fourth-order valence-electron chi connectivity index (χ4n) is 2.25. The SMILES string of the molecule is CS(=O)(=O)Oc1cccc(C2CCCC2)c1. The molecule has 4 heteroatoms. The van der Waals surface area contributed by atoms with E-state index in [1.54, 1.807) is 6.07 Å². The monoisotopic (exact) mass is 240 g/mol. The van der Waals surface area contributed by atoms with Crippen molar-refractivity contribution in [2.75, 3.05) is 6.26 Å². The van der Waals surface area contributed by atoms with E-state index in [0.717, 1.165) is 6.26 Å². The Balaban J connectivity index is 2.19. The maximum atomic E-state index is 11.0. The predicted molar refractivity (Wildman–Crippen MR) is 63.1 cm³/mol. The number of benzene rings is 1. The Morgan fingerprint density at radius 1 is 1.25 bits per heavy atom. The first-order valence-electron chi connectivity index (χ1n) is 5.54. The first-order chi connectivity index (χ1) is 7.54. The van der Waals surface area contributed by atoms with E-state index in [2.05, 4.69) is 0 Å². The van der Waals surface area contributed by atoms with Crippen molar-refractivity contribution in [2.24, 2.45) is 0 Å². The molecule has 0 N–H and O–H groups in total. The highest BCUT2D eigenvalue weighted by molar-refractivity contribution is 7.86. The number of rotatable bonds is 3. The van der Waals surface area contributed by atoms with E-state index >= 15 is 0 Å². The molecule has 0 bridgehead atoms. The van der Waals surface area contributed by atoms with Crippen LogP contribution in [0.1, 0.15) is 37.2 Å². The van der Waals surface area contributed by atoms with Crippen molar-refractivity contribution in [1.29, 1.82) is 0 Å². The summed E-state index contributed by atoms with van der Waals surface area (Å²) in [6.07, 6.45) is 5.99. The van der Waals surface area contributed by atoms with Crippen molar-refractivity contribution in [3.8, 4) is 5.75 Å². The van der Waals surface area contributed by atoms with Crippen LogP contribution in [0.15, 0.2) is 24.3 Å². The summed E-state index contributed by atoms with van der Waals surface area (Å²) in [4.78, 5) is 0. The summed E-state index contributed by atoms with van der Waals surface area (Å²) in [6, 6.07) is 7.43. The normalized spacial score (nSPS) is 17.6. The quantitative estimate of drug-likeness (QED) is 0.763. The second kappa shape index (κ2) is 4.45. The van der Waals surface area contributed by atoms with Crippen molar-refractivity contribution >= 4 is 10.1 Å². The molecule has 0 heterocycles. The van der Waals surface area contributed by atoms with Crippen molar-refractivity contribution < 1.29 is 12.6 Å². The van der Waals surface area contributed by atoms with E-state index in [1.165, 1.54) is 31.2 Å². The summed E-state index contributed by atoms with van der Waals surface area (Å²) in [6.45, 7) is 0. The molecule has 1 aliphatic carbocycles. The van der Waals surface area contributed by atoms with Crippen LogP contribution in [0.4, 0.5) is 0 Å². The summed E-state index contributed by atoms with van der Waals surface area (Å²) >= 11 is 0. The van der Waals surface area contributed by atoms with Crippen LogP contribution in [-0.4, -0.2) is 14.7 Å². The molecule has 0 aliphatic heterocycles. The Hall–Kier alpha value is -1.03. The molecular formula is C12H16O3S. The van der Waals surface area contributed by atoms with E-state index < -0.39 is 10.1 Å². The molecule has 1 aromatic rings. The van der Waals surface area contributed by atoms with Gasteiger partial charge < -0.3 is 4.18 Å². The molecule has 0 aromatic heterocycles. The van der Waals surface area contributed by atoms with Crippen molar-refractivity contribution in [3.05, 3.63) is 29.8 Å². The zero-order valence-corrected chi connectivity index (χ0v) is 10.2. The van der Waals surface area contributed by atoms with Crippen LogP contribution in [0.2, 0.25) is 0 Å². The van der Waals surface area contributed by atoms with Gasteiger partial charge in [0.2, 0.25) is 0 Å². The molecule has 0 unspecified atom stereocenters. The zero-order chi connectivity index (χ0) is 11.6. The fourth-order valence-corrected chi connectivity index (χ4v) is 2.71. The van der Waals surface area contributed by atoms with E-state index in [4.69, 9.17) is 4.18 Å². The van der Waals surface area contributed by atoms with E-state index in [-0.39, 0.29) is 0 Å². The van der Waals surface area contributed by atoms with Crippen LogP contribution >= 0.6 is 0 Å². The second-order valence-corrected chi connectivity index (χ2v) is 5.92. The van der Waals surface area contributed by atoms with Crippen LogP contribution in [-0.2, 0) is 10.1 Å². The summed E-state index contributed by atoms with van der Waals surface area (Å²) in [5.41, 5.74) is 1.19. The molecule has 16 heavy (non-hydrogen) atoms. The minimum absolute atomic E-state index is 0.423. The van der Waals surface area contributed by atoms with Gasteiger partial charge in [0, 0.05) is 0 Å². The van der Waals surface area contributed by atoms with Gasteiger partial charge in [-0.25, -0.2) is 0 Å². The number of hydrogen-bond donors (Lipinski definition) is 0. The average molecular weight is 240 g/mol. The summed E-state index contributed by atoms with van der Waals surface area (Å²) < 4.78 is 26.9. The predicted octanol–water partition coefficient (Wildman–Crippen LogP) is 2.68. The standard InChI is InChI=1S/C12H16O3S/c1-16(13,14)15-12-8-4-7-11(9-12)10-5-2-3-6-10/h4,7-10H,2-3,5-6H2,1H3. The molecule has 1 saturated carbocycles. The molecule has 0 atom stereocenters. The van der Waals surface area contributed by atoms with Crippen molar-refractivity contribution in [3.63, 3.8) is 0 Å². The summed E-state index contributed by atoms with van der Waals surface area (Å²) in [5, 5.41) is 0. The smallest absolute Gasteiger partial charge is 0.306 e. The molecule has 1 aromatic carbocycles. The van der Waals surface area contributed by atoms with Gasteiger partial charge in [0.25, 0.3) is 0 Å². The van der Waals surface area contributed by atoms with Gasteiger partial charge in [-0.05, 0) is 36.5 Å². The molecule has 3 nitrogen and oxygen atoms in total. The Morgan fingerprint density at radius 3 is 2.56 bits per heavy atom. The molecule has 1 fully saturated rings. The Kier molecular flexibility index (Phi) is 3.19. The lowest BCUT2D eigenvalue weighted by Crippen LogP contribution is -2.06. The fraction of sp³-hybridized carbons (Fsp3) is 0.500. The van der Waals surface area contributed by atoms with Crippen LogP contribution in [0.5, 0.6) is 5.75 Å². The summed E-state index contributed by atoms with van der Waals surface area (Å²) in [5.74, 6) is 0.995. The third-order valence-electron chi connectivity index (χ3n) is 2.93. The van der Waals surface area contributed by atoms with Crippen LogP contribution in [0.3, 0.4) is 0 Å². The Labute approximate surface area is 96.6 Å². The van der Waals surface area contributed by atoms with E-state index in [9.17, 15) is 8.42 Å². The molecule has 0 amide bonds. The minimum atomic E-state index is -3.42. The Morgan fingerprint density at radius 2 is 1.94 bits per heavy atom. The van der Waals surface area contributed by atoms with Gasteiger partial charge in [-0.1, -0.05) is 25.0 Å². The van der Waals surface area contributed by atoms with Gasteiger partial charge in [0.15, 0.2) is 0 Å². The van der Waals surface area contributed by atoms with Gasteiger partial charge in [0.1, 0.15) is 5.75 Å². The highest BCUT2D eigenvalue weighted by Gasteiger charge is 2.17. The lowest BCUT2D eigenvalue weighted by Gasteiger charge is -2.10. The number of hydrogen-bond acceptors (Lipinski definition) is 3. The topological polar surface area (TPSA) is 43.4 Å². The van der Waals surface area contributed by atoms with Crippen LogP contribution in [0, 0.1) is 0 Å². The van der Waals surface area contributed by atoms with Gasteiger partial charge in [0.05, 0.1) is 6.26 Å². The van der Waals surface area contributed by atoms with Gasteiger partial charge in [-0.3, -0.25) is 0 Å². The first-order valence-corrected chi connectivity index (χ1v) is 7.36. The highest BCUT2D eigenvalue weighted by atomic mass is 32.2. The zero-order valence-electron chi connectivity index (χ0n) is 9.35. The molecular weight excluding hydrogens is 224 g/mol. The molecule has 0 saturated heterocycles. The third-order valence-corrected chi connectivity index (χ3v) is 3.43. The lowest BCUT2D eigenvalue weighted by atomic mass is 9.98. The van der Waals surface area contributed by atoms with Crippen LogP contribution < -0.4 is 4.18 Å². The highest BCUT2D eigenvalue weighted by Crippen LogP contribution is 2.35. The van der Waals surface area contributed by atoms with Crippen molar-refractivity contribution in [2.45, 2.75) is 31.6 Å². The lowest BCUT2D eigenvalue weighted by molar-refractivity contribution is 0.492. The van der Waals surface area contributed by atoms with Gasteiger partial charge in [-0.15, -0.1) is 0 Å². The van der Waals surface area contributed by atoms with Gasteiger partial charge >= 0.3 is 10.1 Å². The first kappa shape index (κ1) is 11.5. The molecule has 1 aliphatic rings. The average Bonchev–Trinajstić information content (AvgIpc) is 2.68. The minimum Gasteiger partial charge on any atom is -0.383 e. The maximum Gasteiger partial charge on any atom is 0.306 e. The molecule has 0 spiro atoms. The van der Waals surface area contributed by atoms with Crippen LogP contribution in [0.25, 0.3) is 0 Å². The third kappa shape index (κ3) is 2.98. The second-order valence-electron chi connectivity index (χ2n) is 4.34. The molecule has 0 radical (unpaired) electrons. The van der Waals surface area contributed by atoms with Gasteiger partial charge in [-0.2, -0.15) is 8.42 Å². The molecule has 2 rings (SSSR count). The largest absolute Gasteiger partial charge is 0.383 e.